The number of nitrogens with two attached hydrogens (primary N) is 1. The van der Waals surface area contributed by atoms with E-state index >= 15 is 0 Å². The van der Waals surface area contributed by atoms with Crippen LogP contribution in [-0.2, 0) is 0 Å². The Morgan fingerprint density at radius 3 is 2.60 bits per heavy atom. The fourth-order valence-electron chi connectivity index (χ4n) is 2.11. The fraction of sp³-hybridized carbons (Fsp3) is 0.200. The number of hydrazine groups is 1. The largest absolute Gasteiger partial charge is 0.495 e. The lowest BCUT2D eigenvalue weighted by Crippen LogP contribution is -2.29. The van der Waals surface area contributed by atoms with E-state index in [1.54, 1.807) is 13.2 Å². The molecule has 20 heavy (non-hydrogen) atoms. The van der Waals surface area contributed by atoms with Gasteiger partial charge in [-0.1, -0.05) is 47.5 Å². The SMILES string of the molecule is COc1cc(C(NN)c2cccc(C)c2Cl)ccc1Cl. The molecule has 0 amide bonds. The second kappa shape index (κ2) is 6.46. The van der Waals surface area contributed by atoms with E-state index in [0.717, 1.165) is 16.7 Å². The van der Waals surface area contributed by atoms with Gasteiger partial charge in [-0.15, -0.1) is 0 Å². The van der Waals surface area contributed by atoms with Gasteiger partial charge in [-0.3, -0.25) is 5.84 Å². The molecular weight excluding hydrogens is 295 g/mol. The third kappa shape index (κ3) is 2.91. The molecule has 5 heteroatoms. The van der Waals surface area contributed by atoms with Crippen molar-refractivity contribution >= 4 is 23.2 Å². The Labute approximate surface area is 128 Å². The lowest BCUT2D eigenvalue weighted by Gasteiger charge is -2.20. The highest BCUT2D eigenvalue weighted by atomic mass is 35.5. The summed E-state index contributed by atoms with van der Waals surface area (Å²) < 4.78 is 5.24. The lowest BCUT2D eigenvalue weighted by atomic mass is 9.97. The monoisotopic (exact) mass is 310 g/mol. The number of methoxy groups -OCH3 is 1. The van der Waals surface area contributed by atoms with E-state index in [2.05, 4.69) is 5.43 Å². The quantitative estimate of drug-likeness (QED) is 0.666. The third-order valence-corrected chi connectivity index (χ3v) is 4.04. The van der Waals surface area contributed by atoms with Gasteiger partial charge in [-0.05, 0) is 35.7 Å². The highest BCUT2D eigenvalue weighted by Gasteiger charge is 2.17. The van der Waals surface area contributed by atoms with Gasteiger partial charge in [-0.2, -0.15) is 0 Å². The standard InChI is InChI=1S/C15H16Cl2N2O/c1-9-4-3-5-11(14(9)17)15(19-18)10-6-7-12(16)13(8-10)20-2/h3-8,15,19H,18H2,1-2H3. The van der Waals surface area contributed by atoms with Crippen molar-refractivity contribution in [2.24, 2.45) is 5.84 Å². The Hall–Kier alpha value is -1.26. The Morgan fingerprint density at radius 2 is 1.95 bits per heavy atom. The predicted molar refractivity (Wildman–Crippen MR) is 83.4 cm³/mol. The Morgan fingerprint density at radius 1 is 1.20 bits per heavy atom. The smallest absolute Gasteiger partial charge is 0.137 e. The first-order chi connectivity index (χ1) is 9.58. The molecule has 0 aromatic heterocycles. The van der Waals surface area contributed by atoms with Crippen LogP contribution in [0.4, 0.5) is 0 Å². The topological polar surface area (TPSA) is 47.3 Å². The molecule has 0 heterocycles. The molecule has 3 nitrogen and oxygen atoms in total. The number of ether oxygens (including phenoxy) is 1. The van der Waals surface area contributed by atoms with Crippen molar-refractivity contribution in [1.29, 1.82) is 0 Å². The van der Waals surface area contributed by atoms with Gasteiger partial charge in [0.15, 0.2) is 0 Å². The average molecular weight is 311 g/mol. The van der Waals surface area contributed by atoms with Crippen molar-refractivity contribution in [3.05, 3.63) is 63.1 Å². The van der Waals surface area contributed by atoms with Crippen molar-refractivity contribution in [1.82, 2.24) is 5.43 Å². The summed E-state index contributed by atoms with van der Waals surface area (Å²) in [5.74, 6) is 6.31. The summed E-state index contributed by atoms with van der Waals surface area (Å²) in [4.78, 5) is 0. The zero-order chi connectivity index (χ0) is 14.7. The van der Waals surface area contributed by atoms with E-state index in [4.69, 9.17) is 33.8 Å². The van der Waals surface area contributed by atoms with Crippen LogP contribution >= 0.6 is 23.2 Å². The summed E-state index contributed by atoms with van der Waals surface area (Å²) >= 11 is 12.4. The molecule has 0 fully saturated rings. The number of rotatable bonds is 4. The van der Waals surface area contributed by atoms with Gasteiger partial charge in [0.05, 0.1) is 18.2 Å². The molecule has 0 spiro atoms. The van der Waals surface area contributed by atoms with Crippen LogP contribution in [-0.4, -0.2) is 7.11 Å². The molecule has 2 rings (SSSR count). The minimum absolute atomic E-state index is 0.228. The first-order valence-electron chi connectivity index (χ1n) is 6.13. The van der Waals surface area contributed by atoms with Gasteiger partial charge >= 0.3 is 0 Å². The Kier molecular flexibility index (Phi) is 4.89. The fourth-order valence-corrected chi connectivity index (χ4v) is 2.54. The van der Waals surface area contributed by atoms with Crippen molar-refractivity contribution in [2.45, 2.75) is 13.0 Å². The maximum atomic E-state index is 6.37. The first kappa shape index (κ1) is 15.1. The van der Waals surface area contributed by atoms with Gasteiger partial charge in [0.2, 0.25) is 0 Å². The summed E-state index contributed by atoms with van der Waals surface area (Å²) in [5, 5.41) is 1.26. The molecule has 3 N–H and O–H groups in total. The van der Waals surface area contributed by atoms with E-state index in [1.165, 1.54) is 0 Å². The van der Waals surface area contributed by atoms with Crippen LogP contribution in [0.5, 0.6) is 5.75 Å². The van der Waals surface area contributed by atoms with Crippen LogP contribution in [0.2, 0.25) is 10.0 Å². The minimum Gasteiger partial charge on any atom is -0.495 e. The predicted octanol–water partition coefficient (Wildman–Crippen LogP) is 3.86. The average Bonchev–Trinajstić information content (AvgIpc) is 2.45. The molecule has 0 saturated heterocycles. The van der Waals surface area contributed by atoms with Crippen LogP contribution in [0.25, 0.3) is 0 Å². The molecule has 0 aliphatic rings. The van der Waals surface area contributed by atoms with Gasteiger partial charge in [-0.25, -0.2) is 5.43 Å². The van der Waals surface area contributed by atoms with Crippen LogP contribution in [0.1, 0.15) is 22.7 Å². The van der Waals surface area contributed by atoms with Crippen LogP contribution in [0, 0.1) is 6.92 Å². The van der Waals surface area contributed by atoms with Gasteiger partial charge in [0.25, 0.3) is 0 Å². The van der Waals surface area contributed by atoms with Crippen LogP contribution in [0.3, 0.4) is 0 Å². The van der Waals surface area contributed by atoms with Gasteiger partial charge in [0.1, 0.15) is 5.75 Å². The van der Waals surface area contributed by atoms with E-state index < -0.39 is 0 Å². The first-order valence-corrected chi connectivity index (χ1v) is 6.88. The molecule has 1 atom stereocenters. The summed E-state index contributed by atoms with van der Waals surface area (Å²) in [7, 11) is 1.58. The molecule has 1 unspecified atom stereocenters. The summed E-state index contributed by atoms with van der Waals surface area (Å²) in [6.07, 6.45) is 0. The molecule has 2 aromatic rings. The lowest BCUT2D eigenvalue weighted by molar-refractivity contribution is 0.414. The normalized spacial score (nSPS) is 12.2. The molecule has 0 bridgehead atoms. The van der Waals surface area contributed by atoms with Crippen molar-refractivity contribution in [3.8, 4) is 5.75 Å². The van der Waals surface area contributed by atoms with Crippen LogP contribution < -0.4 is 16.0 Å². The maximum Gasteiger partial charge on any atom is 0.137 e. The number of hydrogen-bond acceptors (Lipinski definition) is 3. The number of halogens is 2. The zero-order valence-electron chi connectivity index (χ0n) is 11.3. The maximum absolute atomic E-state index is 6.37. The van der Waals surface area contributed by atoms with Crippen molar-refractivity contribution < 1.29 is 4.74 Å². The molecule has 106 valence electrons. The number of benzene rings is 2. The van der Waals surface area contributed by atoms with E-state index in [9.17, 15) is 0 Å². The second-order valence-electron chi connectivity index (χ2n) is 4.47. The Bertz CT molecular complexity index is 617. The van der Waals surface area contributed by atoms with E-state index in [0.29, 0.717) is 15.8 Å². The van der Waals surface area contributed by atoms with Crippen molar-refractivity contribution in [3.63, 3.8) is 0 Å². The highest BCUT2D eigenvalue weighted by Crippen LogP contribution is 2.33. The highest BCUT2D eigenvalue weighted by molar-refractivity contribution is 6.32. The molecule has 0 radical (unpaired) electrons. The van der Waals surface area contributed by atoms with Gasteiger partial charge < -0.3 is 4.74 Å². The number of nitrogens with one attached hydrogen (secondary N) is 1. The molecule has 0 aliphatic heterocycles. The summed E-state index contributed by atoms with van der Waals surface area (Å²) in [6, 6.07) is 11.2. The third-order valence-electron chi connectivity index (χ3n) is 3.21. The summed E-state index contributed by atoms with van der Waals surface area (Å²) in [6.45, 7) is 1.96. The minimum atomic E-state index is -0.228. The van der Waals surface area contributed by atoms with Gasteiger partial charge in [0, 0.05) is 5.02 Å². The zero-order valence-corrected chi connectivity index (χ0v) is 12.8. The second-order valence-corrected chi connectivity index (χ2v) is 5.26. The Balaban J connectivity index is 2.49. The molecule has 0 aliphatic carbocycles. The number of hydrogen-bond donors (Lipinski definition) is 2. The van der Waals surface area contributed by atoms with Crippen LogP contribution in [0.15, 0.2) is 36.4 Å². The summed E-state index contributed by atoms with van der Waals surface area (Å²) in [5.41, 5.74) is 5.64. The van der Waals surface area contributed by atoms with E-state index in [1.807, 2.05) is 37.3 Å². The molecule has 0 saturated carbocycles. The van der Waals surface area contributed by atoms with Crippen molar-refractivity contribution in [2.75, 3.05) is 7.11 Å². The molecule has 2 aromatic carbocycles. The van der Waals surface area contributed by atoms with E-state index in [-0.39, 0.29) is 6.04 Å². The molecular formula is C15H16Cl2N2O. The number of aryl methyl sites for hydroxylation is 1.